The minimum absolute atomic E-state index is 1.20. The van der Waals surface area contributed by atoms with Crippen molar-refractivity contribution >= 4 is 0 Å². The molecule has 0 unspecified atom stereocenters. The maximum absolute atomic E-state index is 3.73. The van der Waals surface area contributed by atoms with E-state index in [-0.39, 0.29) is 0 Å². The van der Waals surface area contributed by atoms with Crippen molar-refractivity contribution in [1.82, 2.24) is 0 Å². The van der Waals surface area contributed by atoms with Gasteiger partial charge in [-0.25, -0.2) is 0 Å². The Morgan fingerprint density at radius 2 is 0.615 bits per heavy atom. The average molecular weight is 365 g/mol. The lowest BCUT2D eigenvalue weighted by Crippen LogP contribution is -1.80. The van der Waals surface area contributed by atoms with Crippen LogP contribution in [0.15, 0.2) is 25.3 Å². The highest BCUT2D eigenvalue weighted by atomic mass is 14.0. The fraction of sp³-hybridized carbons (Fsp3) is 0.846. The molecule has 0 saturated heterocycles. The number of allylic oxidation sites excluding steroid dienone is 2. The predicted molar refractivity (Wildman–Crippen MR) is 124 cm³/mol. The summed E-state index contributed by atoms with van der Waals surface area (Å²) in [6.07, 6.45) is 32.0. The minimum atomic E-state index is 1.20. The van der Waals surface area contributed by atoms with Gasteiger partial charge in [-0.3, -0.25) is 0 Å². The van der Waals surface area contributed by atoms with Crippen molar-refractivity contribution in [3.05, 3.63) is 25.3 Å². The summed E-state index contributed by atoms with van der Waals surface area (Å²) < 4.78 is 0. The van der Waals surface area contributed by atoms with Gasteiger partial charge in [0.2, 0.25) is 0 Å². The van der Waals surface area contributed by atoms with Gasteiger partial charge in [0.05, 0.1) is 0 Å². The van der Waals surface area contributed by atoms with Gasteiger partial charge in [-0.15, -0.1) is 13.2 Å². The Bertz CT molecular complexity index is 214. The molecule has 26 heavy (non-hydrogen) atoms. The predicted octanol–water partition coefficient (Wildman–Crippen LogP) is 10.2. The SMILES string of the molecule is C=CCCCCCCCCCCC.C=CCCCCCCCCCCC. The Kier molecular flexibility index (Phi) is 31.2. The maximum atomic E-state index is 3.73. The average Bonchev–Trinajstić information content (AvgIpc) is 2.66. The van der Waals surface area contributed by atoms with Crippen LogP contribution in [0.3, 0.4) is 0 Å². The molecule has 0 aliphatic carbocycles. The first-order valence-electron chi connectivity index (χ1n) is 12.0. The standard InChI is InChI=1S/2C13H26/c2*1-3-5-7-9-11-13-12-10-8-6-4-2/h2*3H,1,4-13H2,2H3. The van der Waals surface area contributed by atoms with Gasteiger partial charge in [0.1, 0.15) is 0 Å². The van der Waals surface area contributed by atoms with Gasteiger partial charge in [0, 0.05) is 0 Å². The smallest absolute Gasteiger partial charge is 0.0353 e. The van der Waals surface area contributed by atoms with Gasteiger partial charge >= 0.3 is 0 Å². The van der Waals surface area contributed by atoms with Crippen LogP contribution in [0.4, 0.5) is 0 Å². The fourth-order valence-electron chi connectivity index (χ4n) is 3.20. The van der Waals surface area contributed by atoms with E-state index in [4.69, 9.17) is 0 Å². The molecule has 0 saturated carbocycles. The second-order valence-electron chi connectivity index (χ2n) is 7.81. The third kappa shape index (κ3) is 31.3. The van der Waals surface area contributed by atoms with Gasteiger partial charge in [0.25, 0.3) is 0 Å². The van der Waals surface area contributed by atoms with Crippen molar-refractivity contribution in [3.8, 4) is 0 Å². The second-order valence-corrected chi connectivity index (χ2v) is 7.81. The number of unbranched alkanes of at least 4 members (excludes halogenated alkanes) is 18. The van der Waals surface area contributed by atoms with Crippen molar-refractivity contribution < 1.29 is 0 Å². The Hall–Kier alpha value is -0.520. The quantitative estimate of drug-likeness (QED) is 0.149. The Labute approximate surface area is 167 Å². The van der Waals surface area contributed by atoms with Gasteiger partial charge in [-0.05, 0) is 25.7 Å². The van der Waals surface area contributed by atoms with Gasteiger partial charge in [-0.2, -0.15) is 0 Å². The zero-order valence-electron chi connectivity index (χ0n) is 18.7. The molecule has 0 bridgehead atoms. The molecule has 0 heteroatoms. The first-order valence-corrected chi connectivity index (χ1v) is 12.0. The molecule has 0 spiro atoms. The molecule has 0 aromatic heterocycles. The van der Waals surface area contributed by atoms with E-state index in [1.165, 1.54) is 128 Å². The molecule has 0 rings (SSSR count). The molecule has 0 atom stereocenters. The number of rotatable bonds is 20. The van der Waals surface area contributed by atoms with Crippen LogP contribution in [0.5, 0.6) is 0 Å². The minimum Gasteiger partial charge on any atom is -0.103 e. The molecule has 0 N–H and O–H groups in total. The molecular formula is C26H52. The largest absolute Gasteiger partial charge is 0.103 e. The molecule has 0 aliphatic heterocycles. The summed E-state index contributed by atoms with van der Waals surface area (Å²) in [6, 6.07) is 0. The first kappa shape index (κ1) is 27.7. The van der Waals surface area contributed by atoms with Crippen LogP contribution in [-0.4, -0.2) is 0 Å². The molecule has 156 valence electrons. The van der Waals surface area contributed by atoms with Crippen molar-refractivity contribution in [2.24, 2.45) is 0 Å². The maximum Gasteiger partial charge on any atom is -0.0353 e. The molecule has 0 aromatic carbocycles. The molecule has 0 aliphatic rings. The Balaban J connectivity index is 0. The third-order valence-corrected chi connectivity index (χ3v) is 5.02. The van der Waals surface area contributed by atoms with Crippen LogP contribution in [0.25, 0.3) is 0 Å². The van der Waals surface area contributed by atoms with E-state index in [1.807, 2.05) is 12.2 Å². The lowest BCUT2D eigenvalue weighted by molar-refractivity contribution is 0.566. The van der Waals surface area contributed by atoms with Crippen molar-refractivity contribution in [2.45, 2.75) is 142 Å². The molecule has 0 radical (unpaired) electrons. The lowest BCUT2D eigenvalue weighted by atomic mass is 10.1. The molecule has 0 nitrogen and oxygen atoms in total. The molecular weight excluding hydrogens is 312 g/mol. The van der Waals surface area contributed by atoms with E-state index in [0.29, 0.717) is 0 Å². The van der Waals surface area contributed by atoms with Crippen molar-refractivity contribution in [1.29, 1.82) is 0 Å². The van der Waals surface area contributed by atoms with Gasteiger partial charge < -0.3 is 0 Å². The summed E-state index contributed by atoms with van der Waals surface area (Å²) in [5.74, 6) is 0. The normalized spacial score (nSPS) is 10.2. The van der Waals surface area contributed by atoms with Crippen molar-refractivity contribution in [3.63, 3.8) is 0 Å². The summed E-state index contributed by atoms with van der Waals surface area (Å²) in [7, 11) is 0. The van der Waals surface area contributed by atoms with E-state index >= 15 is 0 Å². The van der Waals surface area contributed by atoms with Crippen molar-refractivity contribution in [2.75, 3.05) is 0 Å². The topological polar surface area (TPSA) is 0 Å². The fourth-order valence-corrected chi connectivity index (χ4v) is 3.20. The van der Waals surface area contributed by atoms with E-state index < -0.39 is 0 Å². The van der Waals surface area contributed by atoms with E-state index in [9.17, 15) is 0 Å². The van der Waals surface area contributed by atoms with Crippen LogP contribution >= 0.6 is 0 Å². The molecule has 0 fully saturated rings. The van der Waals surface area contributed by atoms with Crippen LogP contribution < -0.4 is 0 Å². The summed E-state index contributed by atoms with van der Waals surface area (Å²) in [6.45, 7) is 12.0. The first-order chi connectivity index (χ1) is 12.8. The molecule has 0 heterocycles. The Morgan fingerprint density at radius 1 is 0.385 bits per heavy atom. The zero-order valence-corrected chi connectivity index (χ0v) is 18.7. The highest BCUT2D eigenvalue weighted by molar-refractivity contribution is 4.65. The zero-order chi connectivity index (χ0) is 19.6. The third-order valence-electron chi connectivity index (χ3n) is 5.02. The van der Waals surface area contributed by atoms with Crippen LogP contribution in [0, 0.1) is 0 Å². The summed E-state index contributed by atoms with van der Waals surface area (Å²) in [5.41, 5.74) is 0. The highest BCUT2D eigenvalue weighted by Gasteiger charge is 1.91. The molecule has 0 amide bonds. The van der Waals surface area contributed by atoms with E-state index in [1.54, 1.807) is 0 Å². The summed E-state index contributed by atoms with van der Waals surface area (Å²) in [5, 5.41) is 0. The molecule has 0 aromatic rings. The van der Waals surface area contributed by atoms with Crippen LogP contribution in [0.2, 0.25) is 0 Å². The summed E-state index contributed by atoms with van der Waals surface area (Å²) in [4.78, 5) is 0. The van der Waals surface area contributed by atoms with E-state index in [0.717, 1.165) is 0 Å². The summed E-state index contributed by atoms with van der Waals surface area (Å²) >= 11 is 0. The van der Waals surface area contributed by atoms with Crippen LogP contribution in [0.1, 0.15) is 142 Å². The highest BCUT2D eigenvalue weighted by Crippen LogP contribution is 2.11. The second kappa shape index (κ2) is 29.3. The van der Waals surface area contributed by atoms with Gasteiger partial charge in [-0.1, -0.05) is 129 Å². The number of hydrogen-bond acceptors (Lipinski definition) is 0. The van der Waals surface area contributed by atoms with Gasteiger partial charge in [0.15, 0.2) is 0 Å². The van der Waals surface area contributed by atoms with E-state index in [2.05, 4.69) is 27.0 Å². The Morgan fingerprint density at radius 3 is 0.846 bits per heavy atom. The van der Waals surface area contributed by atoms with Crippen LogP contribution in [-0.2, 0) is 0 Å². The number of hydrogen-bond donors (Lipinski definition) is 0. The lowest BCUT2D eigenvalue weighted by Gasteiger charge is -2.00. The monoisotopic (exact) mass is 364 g/mol.